The van der Waals surface area contributed by atoms with Crippen LogP contribution in [0, 0.1) is 0 Å². The van der Waals surface area contributed by atoms with Crippen molar-refractivity contribution in [2.24, 2.45) is 10.3 Å². The molecule has 0 unspecified atom stereocenters. The molecule has 0 aliphatic rings. The maximum atomic E-state index is 8.85. The Balaban J connectivity index is -0.0000000267. The van der Waals surface area contributed by atoms with E-state index in [2.05, 4.69) is 10.3 Å². The molecule has 0 saturated carbocycles. The van der Waals surface area contributed by atoms with Gasteiger partial charge in [0.25, 0.3) is 0 Å². The Bertz CT molecular complexity index is 217. The molecule has 89 valence electrons. The van der Waals surface area contributed by atoms with Gasteiger partial charge in [-0.1, -0.05) is 0 Å². The van der Waals surface area contributed by atoms with Gasteiger partial charge in [0, 0.05) is 0 Å². The van der Waals surface area contributed by atoms with E-state index in [9.17, 15) is 0 Å². The summed E-state index contributed by atoms with van der Waals surface area (Å²) in [6.07, 6.45) is 0. The summed E-state index contributed by atoms with van der Waals surface area (Å²) in [5.41, 5.74) is 0. The van der Waals surface area contributed by atoms with Crippen LogP contribution in [-0.4, -0.2) is 36.9 Å². The zero-order valence-corrected chi connectivity index (χ0v) is 8.30. The van der Waals surface area contributed by atoms with Crippen LogP contribution in [0.4, 0.5) is 0 Å². The fourth-order valence-electron chi connectivity index (χ4n) is 0. The number of hydrogen-bond donors (Lipinski definition) is 2. The van der Waals surface area contributed by atoms with Crippen LogP contribution in [0.2, 0.25) is 0 Å². The molecule has 0 saturated heterocycles. The minimum atomic E-state index is -4.42. The van der Waals surface area contributed by atoms with E-state index in [0.29, 0.717) is 0 Å². The van der Waals surface area contributed by atoms with Gasteiger partial charge >= 0.3 is 17.1 Å². The second-order valence-corrected chi connectivity index (χ2v) is 2.96. The molecular weight excluding hydrogens is 284 g/mol. The van der Waals surface area contributed by atoms with Gasteiger partial charge in [-0.2, -0.15) is 0 Å². The summed E-state index contributed by atoms with van der Waals surface area (Å²) >= 11 is 0. The number of hydrogen-bond acceptors (Lipinski definition) is 6. The van der Waals surface area contributed by atoms with Crippen molar-refractivity contribution in [1.82, 2.24) is 0 Å². The van der Waals surface area contributed by atoms with Crippen molar-refractivity contribution in [3.05, 3.63) is 0 Å². The van der Waals surface area contributed by atoms with E-state index in [-0.39, 0.29) is 28.0 Å². The van der Waals surface area contributed by atoms with Crippen molar-refractivity contribution in [2.75, 3.05) is 0 Å². The summed E-state index contributed by atoms with van der Waals surface area (Å²) in [6, 6.07) is 0. The molecule has 0 aliphatic carbocycles. The van der Waals surface area contributed by atoms with Gasteiger partial charge in [-0.05, 0) is 0 Å². The smallest absolute Gasteiger partial charge is 0.736 e. The molecule has 10 nitrogen and oxygen atoms in total. The third kappa shape index (κ3) is 39200. The third-order valence-electron chi connectivity index (χ3n) is 0. The Morgan fingerprint density at radius 1 is 0.769 bits per heavy atom. The molecule has 0 amide bonds. The SMILES string of the molecule is NS(=O)(=O)[O-].NS(=O)(=O)[O-].O.O.[Cu+2]. The van der Waals surface area contributed by atoms with Gasteiger partial charge in [0.15, 0.2) is 20.6 Å². The zero-order chi connectivity index (χ0) is 9.00. The van der Waals surface area contributed by atoms with E-state index in [1.807, 2.05) is 0 Å². The van der Waals surface area contributed by atoms with E-state index in [4.69, 9.17) is 25.9 Å². The Morgan fingerprint density at radius 3 is 0.769 bits per heavy atom. The Kier molecular flexibility index (Phi) is 23.1. The molecular formula is H8CuN2O8S2. The monoisotopic (exact) mass is 291 g/mol. The Hall–Kier alpha value is 0.179. The third-order valence-corrected chi connectivity index (χ3v) is 0. The van der Waals surface area contributed by atoms with Crippen LogP contribution in [0.1, 0.15) is 0 Å². The standard InChI is InChI=1S/Cu.2H3NO3S.2H2O/c;2*1-5(2,3)4;;/h;2*(H3,1,2,3,4);2*1H2/q+2;;;;/p-2. The molecule has 0 atom stereocenters. The first-order valence-corrected chi connectivity index (χ1v) is 4.41. The molecule has 0 aromatic carbocycles. The quantitative estimate of drug-likeness (QED) is 0.328. The van der Waals surface area contributed by atoms with Crippen LogP contribution in [0.3, 0.4) is 0 Å². The fraction of sp³-hybridized carbons (Fsp3) is 0. The van der Waals surface area contributed by atoms with Crippen molar-refractivity contribution in [1.29, 1.82) is 0 Å². The van der Waals surface area contributed by atoms with Crippen LogP contribution in [0.5, 0.6) is 0 Å². The average Bonchev–Trinajstić information content (AvgIpc) is 1.12. The van der Waals surface area contributed by atoms with Crippen molar-refractivity contribution in [3.8, 4) is 0 Å². The van der Waals surface area contributed by atoms with Crippen LogP contribution in [0.25, 0.3) is 0 Å². The second-order valence-electron chi connectivity index (χ2n) is 0.986. The van der Waals surface area contributed by atoms with Gasteiger partial charge in [0.2, 0.25) is 0 Å². The predicted molar refractivity (Wildman–Crippen MR) is 35.0 cm³/mol. The van der Waals surface area contributed by atoms with E-state index in [1.54, 1.807) is 0 Å². The first kappa shape index (κ1) is 29.2. The van der Waals surface area contributed by atoms with Crippen molar-refractivity contribution >= 4 is 20.6 Å². The molecule has 0 aromatic heterocycles. The predicted octanol–water partition coefficient (Wildman–Crippen LogP) is -4.84. The molecule has 0 spiro atoms. The molecule has 0 bridgehead atoms. The van der Waals surface area contributed by atoms with Gasteiger partial charge in [-0.15, -0.1) is 0 Å². The fourth-order valence-corrected chi connectivity index (χ4v) is 0. The van der Waals surface area contributed by atoms with E-state index >= 15 is 0 Å². The van der Waals surface area contributed by atoms with Crippen molar-refractivity contribution in [2.45, 2.75) is 0 Å². The maximum Gasteiger partial charge on any atom is 2.00 e. The molecule has 8 N–H and O–H groups in total. The summed E-state index contributed by atoms with van der Waals surface area (Å²) < 4.78 is 53.1. The summed E-state index contributed by atoms with van der Waals surface area (Å²) in [5.74, 6) is 0. The largest absolute Gasteiger partial charge is 2.00 e. The molecule has 0 heterocycles. The summed E-state index contributed by atoms with van der Waals surface area (Å²) in [7, 11) is -8.83. The average molecular weight is 292 g/mol. The topological polar surface area (TPSA) is 229 Å². The molecule has 1 radical (unpaired) electrons. The first-order valence-electron chi connectivity index (χ1n) is 1.47. The van der Waals surface area contributed by atoms with E-state index in [0.717, 1.165) is 0 Å². The Morgan fingerprint density at radius 2 is 0.769 bits per heavy atom. The van der Waals surface area contributed by atoms with Crippen molar-refractivity contribution < 1.29 is 54.0 Å². The molecule has 0 fully saturated rings. The first-order chi connectivity index (χ1) is 4.00. The number of nitrogens with two attached hydrogens (primary N) is 2. The molecule has 0 aromatic rings. The molecule has 0 rings (SSSR count). The van der Waals surface area contributed by atoms with Crippen LogP contribution < -0.4 is 10.3 Å². The minimum Gasteiger partial charge on any atom is -0.736 e. The molecule has 13 heavy (non-hydrogen) atoms. The van der Waals surface area contributed by atoms with Gasteiger partial charge in [-0.25, -0.2) is 27.1 Å². The number of rotatable bonds is 0. The summed E-state index contributed by atoms with van der Waals surface area (Å²) in [6.45, 7) is 0. The van der Waals surface area contributed by atoms with Crippen LogP contribution >= 0.6 is 0 Å². The van der Waals surface area contributed by atoms with Gasteiger partial charge in [0.1, 0.15) is 0 Å². The summed E-state index contributed by atoms with van der Waals surface area (Å²) in [5, 5.41) is 7.54. The van der Waals surface area contributed by atoms with Gasteiger partial charge in [-0.3, -0.25) is 0 Å². The van der Waals surface area contributed by atoms with Gasteiger partial charge < -0.3 is 20.1 Å². The van der Waals surface area contributed by atoms with Crippen molar-refractivity contribution in [3.63, 3.8) is 0 Å². The maximum absolute atomic E-state index is 8.85. The van der Waals surface area contributed by atoms with E-state index < -0.39 is 20.6 Å². The minimum absolute atomic E-state index is 0. The summed E-state index contributed by atoms with van der Waals surface area (Å²) in [4.78, 5) is 0. The normalized spacial score (nSPS) is 8.92. The van der Waals surface area contributed by atoms with Crippen LogP contribution in [-0.2, 0) is 37.7 Å². The van der Waals surface area contributed by atoms with E-state index in [1.165, 1.54) is 0 Å². The zero-order valence-electron chi connectivity index (χ0n) is 5.72. The second kappa shape index (κ2) is 10.3. The Labute approximate surface area is 85.1 Å². The molecule has 13 heteroatoms. The van der Waals surface area contributed by atoms with Crippen LogP contribution in [0.15, 0.2) is 0 Å². The molecule has 0 aliphatic heterocycles. The van der Waals surface area contributed by atoms with Gasteiger partial charge in [0.05, 0.1) is 0 Å².